The molecule has 0 bridgehead atoms. The molecule has 0 unspecified atom stereocenters. The molecule has 0 radical (unpaired) electrons. The van der Waals surface area contributed by atoms with Gasteiger partial charge in [-0.3, -0.25) is 9.59 Å². The van der Waals surface area contributed by atoms with E-state index in [4.69, 9.17) is 5.11 Å². The highest BCUT2D eigenvalue weighted by atomic mass is 32.1. The number of nitrogens with one attached hydrogen (secondary N) is 1. The van der Waals surface area contributed by atoms with Crippen molar-refractivity contribution in [1.82, 2.24) is 5.32 Å². The summed E-state index contributed by atoms with van der Waals surface area (Å²) < 4.78 is 5.35. The molecule has 110 valence electrons. The van der Waals surface area contributed by atoms with Crippen LogP contribution in [-0.4, -0.2) is 36.1 Å². The van der Waals surface area contributed by atoms with Gasteiger partial charge >= 0.3 is 11.9 Å². The van der Waals surface area contributed by atoms with Gasteiger partial charge in [-0.25, -0.2) is 4.79 Å². The molecule has 7 heteroatoms. The van der Waals surface area contributed by atoms with Crippen molar-refractivity contribution in [3.05, 3.63) is 35.2 Å². The van der Waals surface area contributed by atoms with Crippen LogP contribution in [0.1, 0.15) is 16.1 Å². The van der Waals surface area contributed by atoms with Crippen molar-refractivity contribution in [3.63, 3.8) is 0 Å². The second-order valence-electron chi connectivity index (χ2n) is 4.29. The number of carbonyl (C=O) groups excluding carboxylic acids is 2. The Balaban J connectivity index is 2.14. The number of thiophene rings is 1. The molecule has 2 aromatic rings. The molecule has 0 saturated heterocycles. The smallest absolute Gasteiger partial charge is 0.326 e. The number of carboxylic acid groups (broad SMARTS) is 1. The lowest BCUT2D eigenvalue weighted by atomic mass is 10.2. The molecule has 0 aliphatic carbocycles. The zero-order valence-corrected chi connectivity index (χ0v) is 12.0. The van der Waals surface area contributed by atoms with Crippen LogP contribution in [0, 0.1) is 0 Å². The van der Waals surface area contributed by atoms with E-state index < -0.39 is 30.3 Å². The number of ether oxygens (including phenoxy) is 1. The molecule has 0 spiro atoms. The van der Waals surface area contributed by atoms with Gasteiger partial charge in [0.1, 0.15) is 6.04 Å². The van der Waals surface area contributed by atoms with Gasteiger partial charge < -0.3 is 15.2 Å². The van der Waals surface area contributed by atoms with Gasteiger partial charge in [0, 0.05) is 4.70 Å². The summed E-state index contributed by atoms with van der Waals surface area (Å²) in [5, 5.41) is 12.3. The van der Waals surface area contributed by atoms with Crippen molar-refractivity contribution in [3.8, 4) is 0 Å². The summed E-state index contributed by atoms with van der Waals surface area (Å²) in [7, 11) is 1.16. The Morgan fingerprint density at radius 3 is 2.67 bits per heavy atom. The van der Waals surface area contributed by atoms with Gasteiger partial charge in [0.2, 0.25) is 0 Å². The first-order valence-electron chi connectivity index (χ1n) is 6.10. The van der Waals surface area contributed by atoms with Gasteiger partial charge in [-0.2, -0.15) is 0 Å². The standard InChI is InChI=1S/C14H13NO5S/c1-20-12(16)7-9(14(18)19)15-13(17)11-6-8-4-2-3-5-10(8)21-11/h2-6,9H,7H2,1H3,(H,15,17)(H,18,19)/t9-/m0/s1. The van der Waals surface area contributed by atoms with E-state index in [0.29, 0.717) is 4.88 Å². The highest BCUT2D eigenvalue weighted by Crippen LogP contribution is 2.25. The molecule has 0 fully saturated rings. The summed E-state index contributed by atoms with van der Waals surface area (Å²) in [5.41, 5.74) is 0. The molecular formula is C14H13NO5S. The van der Waals surface area contributed by atoms with Gasteiger partial charge in [0.05, 0.1) is 18.4 Å². The van der Waals surface area contributed by atoms with Gasteiger partial charge in [0.15, 0.2) is 0 Å². The molecule has 1 atom stereocenters. The molecule has 1 aromatic carbocycles. The predicted octanol–water partition coefficient (Wildman–Crippen LogP) is 1.65. The quantitative estimate of drug-likeness (QED) is 0.819. The molecule has 1 heterocycles. The summed E-state index contributed by atoms with van der Waals surface area (Å²) in [5.74, 6) is -2.50. The molecule has 1 aromatic heterocycles. The number of amides is 1. The minimum absolute atomic E-state index is 0.396. The summed E-state index contributed by atoms with van der Waals surface area (Å²) in [6.45, 7) is 0. The van der Waals surface area contributed by atoms with E-state index in [2.05, 4.69) is 10.1 Å². The second-order valence-corrected chi connectivity index (χ2v) is 5.38. The topological polar surface area (TPSA) is 92.7 Å². The van der Waals surface area contributed by atoms with Crippen LogP contribution in [0.5, 0.6) is 0 Å². The molecule has 6 nitrogen and oxygen atoms in total. The normalized spacial score (nSPS) is 11.9. The van der Waals surface area contributed by atoms with Crippen LogP contribution in [0.25, 0.3) is 10.1 Å². The van der Waals surface area contributed by atoms with Crippen LogP contribution in [0.3, 0.4) is 0 Å². The third kappa shape index (κ3) is 3.57. The monoisotopic (exact) mass is 307 g/mol. The molecule has 2 rings (SSSR count). The molecular weight excluding hydrogens is 294 g/mol. The van der Waals surface area contributed by atoms with E-state index in [1.807, 2.05) is 24.3 Å². The molecule has 1 amide bonds. The van der Waals surface area contributed by atoms with Crippen LogP contribution in [0.4, 0.5) is 0 Å². The number of benzene rings is 1. The average molecular weight is 307 g/mol. The van der Waals surface area contributed by atoms with Gasteiger partial charge in [-0.05, 0) is 17.5 Å². The third-order valence-corrected chi connectivity index (χ3v) is 3.97. The fraction of sp³-hybridized carbons (Fsp3) is 0.214. The lowest BCUT2D eigenvalue weighted by Gasteiger charge is -2.12. The Morgan fingerprint density at radius 1 is 1.33 bits per heavy atom. The lowest BCUT2D eigenvalue weighted by Crippen LogP contribution is -2.42. The summed E-state index contributed by atoms with van der Waals surface area (Å²) >= 11 is 1.26. The Labute approximate surface area is 124 Å². The van der Waals surface area contributed by atoms with Crippen molar-refractivity contribution in [2.24, 2.45) is 0 Å². The fourth-order valence-corrected chi connectivity index (χ4v) is 2.74. The van der Waals surface area contributed by atoms with E-state index in [1.54, 1.807) is 6.07 Å². The number of carboxylic acids is 1. The Hall–Kier alpha value is -2.41. The highest BCUT2D eigenvalue weighted by molar-refractivity contribution is 7.20. The molecule has 0 saturated carbocycles. The van der Waals surface area contributed by atoms with Gasteiger partial charge in [-0.15, -0.1) is 11.3 Å². The number of esters is 1. The van der Waals surface area contributed by atoms with E-state index >= 15 is 0 Å². The number of methoxy groups -OCH3 is 1. The van der Waals surface area contributed by atoms with Crippen molar-refractivity contribution in [2.75, 3.05) is 7.11 Å². The SMILES string of the molecule is COC(=O)C[C@H](NC(=O)c1cc2ccccc2s1)C(=O)O. The molecule has 2 N–H and O–H groups in total. The maximum atomic E-state index is 12.1. The highest BCUT2D eigenvalue weighted by Gasteiger charge is 2.24. The Bertz CT molecular complexity index is 660. The van der Waals surface area contributed by atoms with Crippen LogP contribution in [0.2, 0.25) is 0 Å². The zero-order valence-electron chi connectivity index (χ0n) is 11.2. The zero-order chi connectivity index (χ0) is 15.4. The first-order valence-corrected chi connectivity index (χ1v) is 6.92. The van der Waals surface area contributed by atoms with Crippen LogP contribution >= 0.6 is 11.3 Å². The number of fused-ring (bicyclic) bond motifs is 1. The van der Waals surface area contributed by atoms with Crippen LogP contribution in [-0.2, 0) is 14.3 Å². The molecule has 0 aliphatic heterocycles. The first-order chi connectivity index (χ1) is 10.0. The van der Waals surface area contributed by atoms with Gasteiger partial charge in [0.25, 0.3) is 5.91 Å². The predicted molar refractivity (Wildman–Crippen MR) is 77.3 cm³/mol. The minimum Gasteiger partial charge on any atom is -0.480 e. The maximum Gasteiger partial charge on any atom is 0.326 e. The second kappa shape index (κ2) is 6.36. The number of carbonyl (C=O) groups is 3. The van der Waals surface area contributed by atoms with E-state index in [-0.39, 0.29) is 0 Å². The number of aliphatic carboxylic acids is 1. The average Bonchev–Trinajstić information content (AvgIpc) is 2.90. The summed E-state index contributed by atoms with van der Waals surface area (Å²) in [4.78, 5) is 34.7. The van der Waals surface area contributed by atoms with E-state index in [0.717, 1.165) is 17.2 Å². The fourth-order valence-electron chi connectivity index (χ4n) is 1.77. The van der Waals surface area contributed by atoms with E-state index in [9.17, 15) is 14.4 Å². The molecule has 0 aliphatic rings. The number of hydrogen-bond acceptors (Lipinski definition) is 5. The van der Waals surface area contributed by atoms with Crippen molar-refractivity contribution in [2.45, 2.75) is 12.5 Å². The minimum atomic E-state index is -1.31. The van der Waals surface area contributed by atoms with Crippen molar-refractivity contribution < 1.29 is 24.2 Å². The van der Waals surface area contributed by atoms with Gasteiger partial charge in [-0.1, -0.05) is 18.2 Å². The Morgan fingerprint density at radius 2 is 2.05 bits per heavy atom. The lowest BCUT2D eigenvalue weighted by molar-refractivity contribution is -0.147. The maximum absolute atomic E-state index is 12.1. The van der Waals surface area contributed by atoms with Crippen LogP contribution in [0.15, 0.2) is 30.3 Å². The summed E-state index contributed by atoms with van der Waals surface area (Å²) in [6.07, 6.45) is -0.414. The third-order valence-electron chi connectivity index (χ3n) is 2.85. The van der Waals surface area contributed by atoms with Crippen molar-refractivity contribution in [1.29, 1.82) is 0 Å². The van der Waals surface area contributed by atoms with Crippen molar-refractivity contribution >= 4 is 39.3 Å². The molecule has 21 heavy (non-hydrogen) atoms. The number of rotatable bonds is 5. The summed E-state index contributed by atoms with van der Waals surface area (Å²) in [6, 6.07) is 7.83. The number of hydrogen-bond donors (Lipinski definition) is 2. The Kier molecular flexibility index (Phi) is 4.54. The first kappa shape index (κ1) is 15.0. The largest absolute Gasteiger partial charge is 0.480 e. The van der Waals surface area contributed by atoms with Crippen LogP contribution < -0.4 is 5.32 Å². The van der Waals surface area contributed by atoms with E-state index in [1.165, 1.54) is 11.3 Å².